The van der Waals surface area contributed by atoms with Gasteiger partial charge in [-0.05, 0) is 98.7 Å². The second kappa shape index (κ2) is 14.1. The molecule has 0 saturated carbocycles. The van der Waals surface area contributed by atoms with E-state index in [0.717, 1.165) is 72.3 Å². The maximum atomic E-state index is 6.92. The van der Waals surface area contributed by atoms with E-state index < -0.39 is 0 Å². The van der Waals surface area contributed by atoms with Gasteiger partial charge in [0, 0.05) is 55.1 Å². The molecule has 0 atom stereocenters. The molecule has 0 aliphatic carbocycles. The van der Waals surface area contributed by atoms with Crippen LogP contribution in [0.2, 0.25) is 0 Å². The van der Waals surface area contributed by atoms with Gasteiger partial charge in [0.15, 0.2) is 0 Å². The van der Waals surface area contributed by atoms with Crippen molar-refractivity contribution in [2.75, 3.05) is 4.90 Å². The van der Waals surface area contributed by atoms with Gasteiger partial charge in [-0.3, -0.25) is 0 Å². The summed E-state index contributed by atoms with van der Waals surface area (Å²) in [5.41, 5.74) is 13.0. The Balaban J connectivity index is 0.974. The highest BCUT2D eigenvalue weighted by Gasteiger charge is 2.22. The number of hydrogen-bond acceptors (Lipinski definition) is 2. The number of anilines is 3. The summed E-state index contributed by atoms with van der Waals surface area (Å²) in [5, 5.41) is 12.0. The fraction of sp³-hybridized carbons (Fsp3) is 0. The molecular formula is C60H38N2O. The molecule has 13 aromatic rings. The molecule has 3 nitrogen and oxygen atoms in total. The predicted molar refractivity (Wildman–Crippen MR) is 266 cm³/mol. The lowest BCUT2D eigenvalue weighted by atomic mass is 9.97. The van der Waals surface area contributed by atoms with Gasteiger partial charge in [-0.25, -0.2) is 0 Å². The SMILES string of the molecule is c1cc(-c2ccc(N(c3ccc4c(ccc5ccccc54)c3)c3ccccc3-c3cccc4c3oc3c5ccccc5ccc43)cc2)cc(-n2c3ccccc3c3ccccc32)c1. The topological polar surface area (TPSA) is 21.3 Å². The summed E-state index contributed by atoms with van der Waals surface area (Å²) < 4.78 is 9.31. The fourth-order valence-electron chi connectivity index (χ4n) is 10.0. The molecule has 11 aromatic carbocycles. The highest BCUT2D eigenvalue weighted by Crippen LogP contribution is 2.46. The smallest absolute Gasteiger partial charge is 0.143 e. The average molecular weight is 803 g/mol. The van der Waals surface area contributed by atoms with Crippen molar-refractivity contribution in [1.82, 2.24) is 4.57 Å². The standard InChI is InChI=1S/C60H38N2O/c1-3-17-47-40(13-1)27-28-43-38-46(34-36-48(43)47)61(56-24-8-7-21-52(56)53-22-12-23-54-55-35-31-41-14-2-4-18-49(41)59(55)63-60(53)54)44-32-29-39(30-33-44)42-15-11-16-45(37-42)62-57-25-9-5-19-50(57)51-20-6-10-26-58(51)62/h1-38H. The fourth-order valence-corrected chi connectivity index (χ4v) is 10.0. The number of nitrogens with zero attached hydrogens (tertiary/aromatic N) is 2. The Morgan fingerprint density at radius 2 is 0.873 bits per heavy atom. The summed E-state index contributed by atoms with van der Waals surface area (Å²) in [5.74, 6) is 0. The van der Waals surface area contributed by atoms with Gasteiger partial charge in [0.05, 0.1) is 16.7 Å². The van der Waals surface area contributed by atoms with Crippen LogP contribution in [-0.2, 0) is 0 Å². The number of benzene rings is 11. The quantitative estimate of drug-likeness (QED) is 0.156. The van der Waals surface area contributed by atoms with E-state index in [2.05, 4.69) is 240 Å². The first kappa shape index (κ1) is 35.4. The highest BCUT2D eigenvalue weighted by atomic mass is 16.3. The number of rotatable bonds is 6. The zero-order valence-corrected chi connectivity index (χ0v) is 34.2. The second-order valence-corrected chi connectivity index (χ2v) is 16.5. The van der Waals surface area contributed by atoms with Crippen molar-refractivity contribution >= 4 is 93.1 Å². The Labute approximate surface area is 363 Å². The molecule has 63 heavy (non-hydrogen) atoms. The largest absolute Gasteiger partial charge is 0.455 e. The minimum absolute atomic E-state index is 0.889. The van der Waals surface area contributed by atoms with Crippen molar-refractivity contribution < 1.29 is 4.42 Å². The first-order valence-electron chi connectivity index (χ1n) is 21.6. The Morgan fingerprint density at radius 1 is 0.317 bits per heavy atom. The maximum Gasteiger partial charge on any atom is 0.143 e. The zero-order valence-electron chi connectivity index (χ0n) is 34.2. The van der Waals surface area contributed by atoms with Crippen molar-refractivity contribution in [2.45, 2.75) is 0 Å². The molecular weight excluding hydrogens is 765 g/mol. The van der Waals surface area contributed by atoms with Crippen LogP contribution >= 0.6 is 0 Å². The van der Waals surface area contributed by atoms with E-state index in [1.165, 1.54) is 48.7 Å². The van der Waals surface area contributed by atoms with Gasteiger partial charge in [-0.15, -0.1) is 0 Å². The number of furan rings is 1. The molecule has 0 aliphatic rings. The molecule has 13 rings (SSSR count). The molecule has 0 radical (unpaired) electrons. The number of hydrogen-bond donors (Lipinski definition) is 0. The van der Waals surface area contributed by atoms with Gasteiger partial charge < -0.3 is 13.9 Å². The van der Waals surface area contributed by atoms with Gasteiger partial charge >= 0.3 is 0 Å². The Kier molecular flexibility index (Phi) is 7.91. The van der Waals surface area contributed by atoms with Gasteiger partial charge in [0.25, 0.3) is 0 Å². The van der Waals surface area contributed by atoms with E-state index in [-0.39, 0.29) is 0 Å². The van der Waals surface area contributed by atoms with Gasteiger partial charge in [0.1, 0.15) is 11.2 Å². The molecule has 294 valence electrons. The molecule has 0 saturated heterocycles. The van der Waals surface area contributed by atoms with Gasteiger partial charge in [-0.1, -0.05) is 170 Å². The van der Waals surface area contributed by atoms with E-state index in [1.54, 1.807) is 0 Å². The molecule has 0 fully saturated rings. The monoisotopic (exact) mass is 802 g/mol. The molecule has 3 heteroatoms. The van der Waals surface area contributed by atoms with Crippen LogP contribution in [0.3, 0.4) is 0 Å². The van der Waals surface area contributed by atoms with Crippen molar-refractivity contribution in [3.8, 4) is 27.9 Å². The molecule has 0 aliphatic heterocycles. The van der Waals surface area contributed by atoms with E-state index in [0.29, 0.717) is 0 Å². The molecule has 0 unspecified atom stereocenters. The maximum absolute atomic E-state index is 6.92. The number of fused-ring (bicyclic) bond motifs is 11. The van der Waals surface area contributed by atoms with E-state index in [9.17, 15) is 0 Å². The minimum atomic E-state index is 0.889. The van der Waals surface area contributed by atoms with Crippen LogP contribution in [0.25, 0.3) is 104 Å². The van der Waals surface area contributed by atoms with Crippen molar-refractivity contribution in [3.63, 3.8) is 0 Å². The van der Waals surface area contributed by atoms with Crippen LogP contribution in [0.4, 0.5) is 17.1 Å². The third-order valence-electron chi connectivity index (χ3n) is 13.0. The molecule has 2 aromatic heterocycles. The van der Waals surface area contributed by atoms with Crippen LogP contribution in [-0.4, -0.2) is 4.57 Å². The normalized spacial score (nSPS) is 11.8. The number of aromatic nitrogens is 1. The van der Waals surface area contributed by atoms with Crippen molar-refractivity contribution in [1.29, 1.82) is 0 Å². The highest BCUT2D eigenvalue weighted by molar-refractivity contribution is 6.18. The first-order chi connectivity index (χ1) is 31.2. The Morgan fingerprint density at radius 3 is 1.68 bits per heavy atom. The lowest BCUT2D eigenvalue weighted by Gasteiger charge is -2.28. The van der Waals surface area contributed by atoms with Crippen LogP contribution in [0, 0.1) is 0 Å². The lowest BCUT2D eigenvalue weighted by Crippen LogP contribution is -2.11. The van der Waals surface area contributed by atoms with Crippen molar-refractivity contribution in [3.05, 3.63) is 231 Å². The Hall–Kier alpha value is -8.40. The van der Waals surface area contributed by atoms with Crippen LogP contribution in [0.1, 0.15) is 0 Å². The van der Waals surface area contributed by atoms with Crippen LogP contribution < -0.4 is 4.90 Å². The minimum Gasteiger partial charge on any atom is -0.455 e. The summed E-state index contributed by atoms with van der Waals surface area (Å²) in [7, 11) is 0. The molecule has 0 N–H and O–H groups in total. The van der Waals surface area contributed by atoms with E-state index >= 15 is 0 Å². The molecule has 2 heterocycles. The summed E-state index contributed by atoms with van der Waals surface area (Å²) in [6.45, 7) is 0. The zero-order chi connectivity index (χ0) is 41.4. The van der Waals surface area contributed by atoms with Gasteiger partial charge in [0.2, 0.25) is 0 Å². The third-order valence-corrected chi connectivity index (χ3v) is 13.0. The molecule has 0 amide bonds. The van der Waals surface area contributed by atoms with Gasteiger partial charge in [-0.2, -0.15) is 0 Å². The lowest BCUT2D eigenvalue weighted by molar-refractivity contribution is 0.674. The van der Waals surface area contributed by atoms with E-state index in [1.807, 2.05) is 0 Å². The van der Waals surface area contributed by atoms with Crippen molar-refractivity contribution in [2.24, 2.45) is 0 Å². The summed E-state index contributed by atoms with van der Waals surface area (Å²) in [6.07, 6.45) is 0. The third kappa shape index (κ3) is 5.60. The number of para-hydroxylation sites is 4. The Bertz CT molecular complexity index is 3870. The molecule has 0 spiro atoms. The average Bonchev–Trinajstić information content (AvgIpc) is 3.91. The van der Waals surface area contributed by atoms with Crippen LogP contribution in [0.15, 0.2) is 235 Å². The molecule has 0 bridgehead atoms. The summed E-state index contributed by atoms with van der Waals surface area (Å²) in [4.78, 5) is 2.40. The summed E-state index contributed by atoms with van der Waals surface area (Å²) >= 11 is 0. The first-order valence-corrected chi connectivity index (χ1v) is 21.6. The second-order valence-electron chi connectivity index (χ2n) is 16.5. The van der Waals surface area contributed by atoms with E-state index in [4.69, 9.17) is 4.42 Å². The summed E-state index contributed by atoms with van der Waals surface area (Å²) in [6, 6.07) is 83.5. The van der Waals surface area contributed by atoms with Crippen LogP contribution in [0.5, 0.6) is 0 Å². The predicted octanol–water partition coefficient (Wildman–Crippen LogP) is 16.9.